The molecule has 0 amide bonds. The van der Waals surface area contributed by atoms with Gasteiger partial charge in [-0.1, -0.05) is 43.3 Å². The Balaban J connectivity index is 2.16. The standard InChI is InChI=1S/C17H19O6P/c1-2-14(17(18)19)13-21-24(20,22-15-9-5-3-6-10-15)23-16-11-7-4-8-12-16/h3-12,14H,2,13H2,1H3,(H,18,19). The quantitative estimate of drug-likeness (QED) is 0.676. The molecular formula is C17H19O6P. The summed E-state index contributed by atoms with van der Waals surface area (Å²) in [4.78, 5) is 11.1. The molecule has 2 aromatic carbocycles. The van der Waals surface area contributed by atoms with Gasteiger partial charge in [-0.25, -0.2) is 4.57 Å². The van der Waals surface area contributed by atoms with Crippen molar-refractivity contribution < 1.29 is 28.0 Å². The lowest BCUT2D eigenvalue weighted by Gasteiger charge is -2.20. The lowest BCUT2D eigenvalue weighted by Crippen LogP contribution is -2.19. The van der Waals surface area contributed by atoms with E-state index in [-0.39, 0.29) is 6.61 Å². The van der Waals surface area contributed by atoms with Gasteiger partial charge in [0.05, 0.1) is 12.5 Å². The lowest BCUT2D eigenvalue weighted by atomic mass is 10.1. The minimum absolute atomic E-state index is 0.275. The summed E-state index contributed by atoms with van der Waals surface area (Å²) in [5.74, 6) is -1.21. The molecule has 0 bridgehead atoms. The Morgan fingerprint density at radius 3 is 1.83 bits per heavy atom. The molecule has 0 fully saturated rings. The normalized spacial score (nSPS) is 12.4. The fourth-order valence-electron chi connectivity index (χ4n) is 1.84. The summed E-state index contributed by atoms with van der Waals surface area (Å²) in [5.41, 5.74) is 0. The molecule has 0 aliphatic heterocycles. The van der Waals surface area contributed by atoms with E-state index in [4.69, 9.17) is 18.7 Å². The van der Waals surface area contributed by atoms with Gasteiger partial charge in [0.15, 0.2) is 0 Å². The Bertz CT molecular complexity index is 643. The highest BCUT2D eigenvalue weighted by atomic mass is 31.2. The Morgan fingerprint density at radius 1 is 1.00 bits per heavy atom. The van der Waals surface area contributed by atoms with Crippen LogP contribution in [-0.4, -0.2) is 17.7 Å². The zero-order chi connectivity index (χ0) is 17.4. The van der Waals surface area contributed by atoms with Crippen LogP contribution in [0.15, 0.2) is 60.7 Å². The monoisotopic (exact) mass is 350 g/mol. The van der Waals surface area contributed by atoms with Crippen LogP contribution in [0.3, 0.4) is 0 Å². The highest BCUT2D eigenvalue weighted by molar-refractivity contribution is 7.49. The van der Waals surface area contributed by atoms with Gasteiger partial charge >= 0.3 is 13.8 Å². The number of rotatable bonds is 9. The average Bonchev–Trinajstić information content (AvgIpc) is 2.56. The number of hydrogen-bond acceptors (Lipinski definition) is 5. The van der Waals surface area contributed by atoms with E-state index in [1.165, 1.54) is 0 Å². The van der Waals surface area contributed by atoms with Crippen LogP contribution >= 0.6 is 7.82 Å². The zero-order valence-electron chi connectivity index (χ0n) is 13.2. The number of phosphoric acid groups is 1. The Kier molecular flexibility index (Phi) is 6.41. The predicted octanol–water partition coefficient (Wildman–Crippen LogP) is 4.38. The first-order chi connectivity index (χ1) is 11.5. The summed E-state index contributed by atoms with van der Waals surface area (Å²) >= 11 is 0. The van der Waals surface area contributed by atoms with E-state index in [9.17, 15) is 9.36 Å². The van der Waals surface area contributed by atoms with Crippen molar-refractivity contribution in [2.24, 2.45) is 5.92 Å². The van der Waals surface area contributed by atoms with Crippen LogP contribution in [0.5, 0.6) is 11.5 Å². The minimum atomic E-state index is -4.03. The maximum Gasteiger partial charge on any atom is 0.587 e. The van der Waals surface area contributed by atoms with Gasteiger partial charge in [0.2, 0.25) is 0 Å². The van der Waals surface area contributed by atoms with Crippen molar-refractivity contribution in [2.45, 2.75) is 13.3 Å². The molecule has 0 aromatic heterocycles. The second kappa shape index (κ2) is 8.52. The average molecular weight is 350 g/mol. The molecule has 1 N–H and O–H groups in total. The second-order valence-electron chi connectivity index (χ2n) is 5.00. The summed E-state index contributed by atoms with van der Waals surface area (Å²) in [5, 5.41) is 9.10. The first-order valence-electron chi connectivity index (χ1n) is 7.49. The fourth-order valence-corrected chi connectivity index (χ4v) is 3.10. The number of carbonyl (C=O) groups is 1. The van der Waals surface area contributed by atoms with E-state index < -0.39 is 19.7 Å². The van der Waals surface area contributed by atoms with Crippen LogP contribution in [0.25, 0.3) is 0 Å². The van der Waals surface area contributed by atoms with Gasteiger partial charge in [0, 0.05) is 0 Å². The fraction of sp³-hybridized carbons (Fsp3) is 0.235. The molecule has 2 aromatic rings. The maximum absolute atomic E-state index is 12.9. The van der Waals surface area contributed by atoms with E-state index in [1.807, 2.05) is 0 Å². The molecule has 2 rings (SSSR count). The maximum atomic E-state index is 12.9. The van der Waals surface area contributed by atoms with Gasteiger partial charge in [-0.15, -0.1) is 0 Å². The zero-order valence-corrected chi connectivity index (χ0v) is 14.1. The van der Waals surface area contributed by atoms with Crippen molar-refractivity contribution in [3.05, 3.63) is 60.7 Å². The van der Waals surface area contributed by atoms with Gasteiger partial charge in [0.1, 0.15) is 11.5 Å². The molecule has 0 spiro atoms. The van der Waals surface area contributed by atoms with E-state index in [0.29, 0.717) is 17.9 Å². The summed E-state index contributed by atoms with van der Waals surface area (Å²) in [6, 6.07) is 16.9. The van der Waals surface area contributed by atoms with Crippen LogP contribution in [0.2, 0.25) is 0 Å². The van der Waals surface area contributed by atoms with Gasteiger partial charge in [-0.2, -0.15) is 0 Å². The summed E-state index contributed by atoms with van der Waals surface area (Å²) in [6.07, 6.45) is 0.339. The van der Waals surface area contributed by atoms with E-state index in [0.717, 1.165) is 0 Å². The van der Waals surface area contributed by atoms with Crippen LogP contribution in [-0.2, 0) is 13.9 Å². The van der Waals surface area contributed by atoms with Gasteiger partial charge in [-0.05, 0) is 30.7 Å². The Labute approximate surface area is 140 Å². The molecule has 1 unspecified atom stereocenters. The van der Waals surface area contributed by atoms with E-state index in [1.54, 1.807) is 67.6 Å². The van der Waals surface area contributed by atoms with Crippen molar-refractivity contribution in [3.63, 3.8) is 0 Å². The number of aliphatic carboxylic acids is 1. The van der Waals surface area contributed by atoms with Crippen molar-refractivity contribution >= 4 is 13.8 Å². The van der Waals surface area contributed by atoms with Crippen LogP contribution < -0.4 is 9.05 Å². The summed E-state index contributed by atoms with van der Waals surface area (Å²) in [7, 11) is -4.03. The third-order valence-corrected chi connectivity index (χ3v) is 4.53. The third kappa shape index (κ3) is 5.41. The topological polar surface area (TPSA) is 82.1 Å². The molecule has 7 heteroatoms. The SMILES string of the molecule is CCC(COP(=O)(Oc1ccccc1)Oc1ccccc1)C(=O)O. The molecule has 24 heavy (non-hydrogen) atoms. The summed E-state index contributed by atoms with van der Waals surface area (Å²) in [6.45, 7) is 1.44. The Morgan fingerprint density at radius 2 is 1.46 bits per heavy atom. The number of carboxylic acids is 1. The molecule has 128 valence electrons. The van der Waals surface area contributed by atoms with Crippen LogP contribution in [0.4, 0.5) is 0 Å². The number of phosphoric ester groups is 1. The number of hydrogen-bond donors (Lipinski definition) is 1. The largest absolute Gasteiger partial charge is 0.587 e. The smallest absolute Gasteiger partial charge is 0.481 e. The first kappa shape index (κ1) is 18.0. The molecule has 0 saturated heterocycles. The van der Waals surface area contributed by atoms with Gasteiger partial charge < -0.3 is 14.2 Å². The van der Waals surface area contributed by atoms with Crippen molar-refractivity contribution in [3.8, 4) is 11.5 Å². The number of para-hydroxylation sites is 2. The van der Waals surface area contributed by atoms with E-state index in [2.05, 4.69) is 0 Å². The third-order valence-electron chi connectivity index (χ3n) is 3.20. The molecule has 0 heterocycles. The van der Waals surface area contributed by atoms with E-state index >= 15 is 0 Å². The number of benzene rings is 2. The highest BCUT2D eigenvalue weighted by Gasteiger charge is 2.33. The van der Waals surface area contributed by atoms with Crippen LogP contribution in [0, 0.1) is 5.92 Å². The second-order valence-corrected chi connectivity index (χ2v) is 6.51. The Hall–Kier alpha value is -2.30. The highest BCUT2D eigenvalue weighted by Crippen LogP contribution is 2.49. The van der Waals surface area contributed by atoms with Crippen molar-refractivity contribution in [2.75, 3.05) is 6.61 Å². The lowest BCUT2D eigenvalue weighted by molar-refractivity contribution is -0.142. The molecular weight excluding hydrogens is 331 g/mol. The summed E-state index contributed by atoms with van der Waals surface area (Å²) < 4.78 is 29.0. The van der Waals surface area contributed by atoms with Crippen molar-refractivity contribution in [1.82, 2.24) is 0 Å². The molecule has 0 radical (unpaired) electrons. The minimum Gasteiger partial charge on any atom is -0.481 e. The van der Waals surface area contributed by atoms with Crippen LogP contribution in [0.1, 0.15) is 13.3 Å². The first-order valence-corrected chi connectivity index (χ1v) is 8.95. The predicted molar refractivity (Wildman–Crippen MR) is 89.1 cm³/mol. The molecule has 1 atom stereocenters. The molecule has 0 aliphatic carbocycles. The molecule has 0 saturated carbocycles. The van der Waals surface area contributed by atoms with Crippen molar-refractivity contribution in [1.29, 1.82) is 0 Å². The van der Waals surface area contributed by atoms with Gasteiger partial charge in [0.25, 0.3) is 0 Å². The molecule has 0 aliphatic rings. The number of carboxylic acid groups (broad SMARTS) is 1. The van der Waals surface area contributed by atoms with Gasteiger partial charge in [-0.3, -0.25) is 9.32 Å². The molecule has 6 nitrogen and oxygen atoms in total.